The van der Waals surface area contributed by atoms with Crippen LogP contribution in [0.4, 0.5) is 52.7 Å². The molecule has 12 nitrogen and oxygen atoms in total. The fraction of sp³-hybridized carbons (Fsp3) is 0.472. The van der Waals surface area contributed by atoms with Crippen LogP contribution in [-0.2, 0) is 54.6 Å². The van der Waals surface area contributed by atoms with Gasteiger partial charge in [0.15, 0.2) is 0 Å². The number of carbonyl (C=O) groups is 2. The third kappa shape index (κ3) is 15.1. The van der Waals surface area contributed by atoms with Crippen molar-refractivity contribution in [2.75, 3.05) is 26.3 Å². The van der Waals surface area contributed by atoms with Gasteiger partial charge in [-0.3, -0.25) is 29.4 Å². The second-order valence-corrected chi connectivity index (χ2v) is 19.5. The normalized spacial score (nSPS) is 22.9. The number of halogens is 12. The van der Waals surface area contributed by atoms with Crippen molar-refractivity contribution in [1.82, 2.24) is 9.80 Å². The van der Waals surface area contributed by atoms with E-state index in [1.165, 1.54) is 13.8 Å². The Labute approximate surface area is 434 Å². The minimum Gasteiger partial charge on any atom is -0.373 e. The smallest absolute Gasteiger partial charge is 0.373 e. The number of rotatable bonds is 12. The molecule has 0 bridgehead atoms. The highest BCUT2D eigenvalue weighted by atomic mass is 19.4. The molecule has 2 heterocycles. The quantitative estimate of drug-likeness (QED) is 0.0844. The maximum absolute atomic E-state index is 13.3. The van der Waals surface area contributed by atoms with Crippen LogP contribution in [0, 0.1) is 10.1 Å². The Bertz CT molecular complexity index is 2670. The highest BCUT2D eigenvalue weighted by Gasteiger charge is 2.44. The molecule has 24 heteroatoms. The predicted octanol–water partition coefficient (Wildman–Crippen LogP) is 13.1. The zero-order valence-corrected chi connectivity index (χ0v) is 41.8. The van der Waals surface area contributed by atoms with E-state index in [9.17, 15) is 62.3 Å². The van der Waals surface area contributed by atoms with E-state index >= 15 is 0 Å². The highest BCUT2D eigenvalue weighted by molar-refractivity contribution is 6.03. The molecule has 2 aliphatic carbocycles. The maximum Gasteiger partial charge on any atom is 0.416 e. The summed E-state index contributed by atoms with van der Waals surface area (Å²) in [6.07, 6.45) is -14.9. The second-order valence-electron chi connectivity index (χ2n) is 19.5. The van der Waals surface area contributed by atoms with Crippen molar-refractivity contribution in [3.05, 3.63) is 152 Å². The molecule has 2 aliphatic heterocycles. The first-order valence-corrected chi connectivity index (χ1v) is 24.3. The first-order chi connectivity index (χ1) is 35.9. The monoisotopic (exact) mass is 1100 g/mol. The SMILES string of the molecule is CC1=NCC(=O)N1C1CCC(CO[C@H](C)c2cc(C(F)(F)F)cc(C(F)(F)F)c2)(c2ccccc2)CC1.C[C@@H](OCC1(c2ccccc2)CCC(N2C=NCC2=O)CC1)c1cc(C(F)(F)F)cc(C(F)(F)F)c1.O=[N+]([O-])O. The second kappa shape index (κ2) is 24.0. The van der Waals surface area contributed by atoms with Gasteiger partial charge in [0.2, 0.25) is 11.8 Å². The maximum atomic E-state index is 13.3. The summed E-state index contributed by atoms with van der Waals surface area (Å²) >= 11 is 0. The van der Waals surface area contributed by atoms with Gasteiger partial charge in [0, 0.05) is 22.9 Å². The summed E-state index contributed by atoms with van der Waals surface area (Å²) in [5.41, 5.74) is -4.83. The lowest BCUT2D eigenvalue weighted by Gasteiger charge is -2.43. The van der Waals surface area contributed by atoms with Crippen LogP contribution in [0.15, 0.2) is 107 Å². The van der Waals surface area contributed by atoms with E-state index in [1.54, 1.807) is 23.1 Å². The number of ether oxygens (including phenoxy) is 2. The Morgan fingerprint density at radius 1 is 0.610 bits per heavy atom. The number of hydrogen-bond donors (Lipinski definition) is 1. The molecule has 4 aromatic carbocycles. The van der Waals surface area contributed by atoms with Crippen LogP contribution < -0.4 is 0 Å². The Hall–Kier alpha value is -6.56. The van der Waals surface area contributed by atoms with Crippen molar-refractivity contribution >= 4 is 24.0 Å². The number of amidine groups is 1. The highest BCUT2D eigenvalue weighted by Crippen LogP contribution is 2.46. The fourth-order valence-corrected chi connectivity index (χ4v) is 10.3. The zero-order valence-electron chi connectivity index (χ0n) is 41.8. The fourth-order valence-electron chi connectivity index (χ4n) is 10.3. The topological polar surface area (TPSA) is 147 Å². The van der Waals surface area contributed by atoms with Gasteiger partial charge in [0.25, 0.3) is 5.09 Å². The summed E-state index contributed by atoms with van der Waals surface area (Å²) in [5, 5.41) is 13.6. The van der Waals surface area contributed by atoms with E-state index < -0.39 is 75.1 Å². The summed E-state index contributed by atoms with van der Waals surface area (Å²) < 4.78 is 172. The zero-order chi connectivity index (χ0) is 56.7. The molecule has 2 atom stereocenters. The van der Waals surface area contributed by atoms with E-state index in [2.05, 4.69) is 9.98 Å². The van der Waals surface area contributed by atoms with Gasteiger partial charge in [-0.25, -0.2) is 0 Å². The molecule has 0 spiro atoms. The van der Waals surface area contributed by atoms with Crippen molar-refractivity contribution in [3.63, 3.8) is 0 Å². The van der Waals surface area contributed by atoms with Gasteiger partial charge < -0.3 is 14.7 Å². The molecule has 4 aromatic rings. The number of amides is 2. The standard InChI is InChI=1S/C27H28F6N2O2.C26H26F6N2O2.HNO3/c1-17(19-12-21(26(28,29)30)14-22(13-19)27(31,32)33)37-16-25(20-6-4-3-5-7-20)10-8-23(9-11-25)35-18(2)34-15-24(35)36;1-17(18-11-20(25(27,28)29)13-21(12-18)26(30,31)32)36-15-24(19-5-3-2-4-6-19)9-7-22(8-10-24)34-16-33-14-23(34)35;2-1(3)4/h3-7,12-14,17,23H,8-11,15-16H2,1-2H3;2-6,11-13,16-17,22H,7-10,14-15H2,1H3;(H,2,3,4)/t17-,23?,25?;17-,22?,24?;/m11./s1. The molecular weight excluding hydrogens is 1050 g/mol. The Balaban J connectivity index is 0.000000233. The van der Waals surface area contributed by atoms with Crippen molar-refractivity contribution < 1.29 is 82.0 Å². The average Bonchev–Trinajstić information content (AvgIpc) is 3.97. The van der Waals surface area contributed by atoms with Crippen LogP contribution in [0.3, 0.4) is 0 Å². The number of alkyl halides is 12. The molecule has 4 aliphatic rings. The Morgan fingerprint density at radius 3 is 1.26 bits per heavy atom. The summed E-state index contributed by atoms with van der Waals surface area (Å²) in [6.45, 7) is 5.23. The first-order valence-electron chi connectivity index (χ1n) is 24.3. The molecule has 2 fully saturated rings. The molecular formula is C53H55F12N5O7. The molecule has 418 valence electrons. The average molecular weight is 1100 g/mol. The molecule has 2 saturated carbocycles. The van der Waals surface area contributed by atoms with Crippen molar-refractivity contribution in [3.8, 4) is 0 Å². The molecule has 77 heavy (non-hydrogen) atoms. The van der Waals surface area contributed by atoms with Crippen molar-refractivity contribution in [2.24, 2.45) is 9.98 Å². The number of carbonyl (C=O) groups excluding carboxylic acids is 2. The van der Waals surface area contributed by atoms with E-state index in [1.807, 2.05) is 60.7 Å². The van der Waals surface area contributed by atoms with Crippen LogP contribution in [0.2, 0.25) is 0 Å². The summed E-state index contributed by atoms with van der Waals surface area (Å²) in [4.78, 5) is 44.4. The molecule has 8 rings (SSSR count). The minimum absolute atomic E-state index is 0.00387. The Kier molecular flexibility index (Phi) is 18.6. The van der Waals surface area contributed by atoms with Gasteiger partial charge in [-0.1, -0.05) is 60.7 Å². The van der Waals surface area contributed by atoms with Gasteiger partial charge in [-0.2, -0.15) is 52.7 Å². The summed E-state index contributed by atoms with van der Waals surface area (Å²) in [5.74, 6) is 0.601. The van der Waals surface area contributed by atoms with Crippen LogP contribution in [0.5, 0.6) is 0 Å². The molecule has 0 aromatic heterocycles. The molecule has 2 amide bonds. The number of nitrogens with zero attached hydrogens (tertiary/aromatic N) is 5. The minimum atomic E-state index is -4.92. The van der Waals surface area contributed by atoms with Crippen LogP contribution in [-0.4, -0.2) is 82.5 Å². The summed E-state index contributed by atoms with van der Waals surface area (Å²) in [6, 6.07) is 22.1. The van der Waals surface area contributed by atoms with Gasteiger partial charge in [-0.05, 0) is 131 Å². The van der Waals surface area contributed by atoms with Gasteiger partial charge in [0.1, 0.15) is 18.9 Å². The molecule has 0 saturated heterocycles. The number of benzene rings is 4. The lowest BCUT2D eigenvalue weighted by atomic mass is 9.68. The molecule has 0 radical (unpaired) electrons. The summed E-state index contributed by atoms with van der Waals surface area (Å²) in [7, 11) is 0. The van der Waals surface area contributed by atoms with Crippen LogP contribution in [0.25, 0.3) is 0 Å². The largest absolute Gasteiger partial charge is 0.416 e. The van der Waals surface area contributed by atoms with Crippen LogP contribution >= 0.6 is 0 Å². The number of hydrogen-bond acceptors (Lipinski definition) is 8. The number of aliphatic imine (C=N–C) groups is 2. The van der Waals surface area contributed by atoms with Crippen molar-refractivity contribution in [1.29, 1.82) is 0 Å². The Morgan fingerprint density at radius 2 is 0.961 bits per heavy atom. The lowest BCUT2D eigenvalue weighted by molar-refractivity contribution is -0.742. The molecule has 0 unspecified atom stereocenters. The lowest BCUT2D eigenvalue weighted by Crippen LogP contribution is -2.47. The predicted molar refractivity (Wildman–Crippen MR) is 256 cm³/mol. The van der Waals surface area contributed by atoms with E-state index in [0.717, 1.165) is 11.1 Å². The van der Waals surface area contributed by atoms with E-state index in [4.69, 9.17) is 24.8 Å². The molecule has 1 N–H and O–H groups in total. The van der Waals surface area contributed by atoms with Gasteiger partial charge in [0.05, 0.1) is 54.0 Å². The third-order valence-electron chi connectivity index (χ3n) is 14.5. The van der Waals surface area contributed by atoms with Gasteiger partial charge in [-0.15, -0.1) is 10.1 Å². The van der Waals surface area contributed by atoms with Crippen molar-refractivity contribution in [2.45, 2.75) is 132 Å². The first kappa shape index (κ1) is 59.7. The van der Waals surface area contributed by atoms with Crippen LogP contribution in [0.1, 0.15) is 129 Å². The van der Waals surface area contributed by atoms with E-state index in [-0.39, 0.29) is 73.5 Å². The third-order valence-corrected chi connectivity index (χ3v) is 14.5. The van der Waals surface area contributed by atoms with Gasteiger partial charge >= 0.3 is 24.7 Å². The van der Waals surface area contributed by atoms with E-state index in [0.29, 0.717) is 81.5 Å².